The molecule has 1 aliphatic heterocycles. The highest BCUT2D eigenvalue weighted by Gasteiger charge is 2.33. The van der Waals surface area contributed by atoms with Crippen molar-refractivity contribution < 1.29 is 4.79 Å². The molecule has 1 amide bonds. The predicted molar refractivity (Wildman–Crippen MR) is 93.6 cm³/mol. The molecule has 0 saturated carbocycles. The summed E-state index contributed by atoms with van der Waals surface area (Å²) in [5, 5.41) is 14.0. The summed E-state index contributed by atoms with van der Waals surface area (Å²) in [5.41, 5.74) is 2.71. The van der Waals surface area contributed by atoms with Gasteiger partial charge in [-0.05, 0) is 6.26 Å². The molecule has 0 unspecified atom stereocenters. The van der Waals surface area contributed by atoms with Gasteiger partial charge < -0.3 is 9.47 Å². The van der Waals surface area contributed by atoms with E-state index in [1.807, 2.05) is 55.3 Å². The lowest BCUT2D eigenvalue weighted by Gasteiger charge is -2.32. The summed E-state index contributed by atoms with van der Waals surface area (Å²) < 4.78 is 3.87. The van der Waals surface area contributed by atoms with Crippen LogP contribution in [0.2, 0.25) is 0 Å². The Kier molecular flexibility index (Phi) is 4.19. The predicted octanol–water partition coefficient (Wildman–Crippen LogP) is 1.87. The summed E-state index contributed by atoms with van der Waals surface area (Å²) in [6, 6.07) is 0. The molecule has 0 bridgehead atoms. The Labute approximate surface area is 146 Å². The van der Waals surface area contributed by atoms with E-state index in [2.05, 4.69) is 15.3 Å². The van der Waals surface area contributed by atoms with E-state index in [1.54, 1.807) is 11.8 Å². The van der Waals surface area contributed by atoms with Gasteiger partial charge in [0.2, 0.25) is 5.91 Å². The molecule has 1 aliphatic rings. The van der Waals surface area contributed by atoms with Crippen molar-refractivity contribution in [1.29, 1.82) is 0 Å². The smallest absolute Gasteiger partial charge is 0.228 e. The monoisotopic (exact) mass is 348 g/mol. The number of amides is 1. The number of thioether (sulfide) groups is 1. The molecule has 8 heteroatoms. The first-order chi connectivity index (χ1) is 11.2. The van der Waals surface area contributed by atoms with Gasteiger partial charge in [0.25, 0.3) is 0 Å². The Balaban J connectivity index is 2.01. The van der Waals surface area contributed by atoms with Crippen molar-refractivity contribution in [3.63, 3.8) is 0 Å². The number of hydrogen-bond acceptors (Lipinski definition) is 5. The number of aromatic nitrogens is 5. The highest BCUT2D eigenvalue weighted by molar-refractivity contribution is 7.98. The molecule has 130 valence electrons. The van der Waals surface area contributed by atoms with E-state index in [1.165, 1.54) is 5.69 Å². The van der Waals surface area contributed by atoms with E-state index in [0.717, 1.165) is 35.2 Å². The lowest BCUT2D eigenvalue weighted by atomic mass is 9.93. The quantitative estimate of drug-likeness (QED) is 0.775. The fourth-order valence-corrected chi connectivity index (χ4v) is 3.60. The second kappa shape index (κ2) is 5.91. The minimum Gasteiger partial charge on any atom is -0.337 e. The zero-order valence-electron chi connectivity index (χ0n) is 15.1. The number of fused-ring (bicyclic) bond motifs is 1. The maximum absolute atomic E-state index is 12.7. The third-order valence-electron chi connectivity index (χ3n) is 4.40. The minimum absolute atomic E-state index is 0.172. The van der Waals surface area contributed by atoms with Crippen molar-refractivity contribution in [2.24, 2.45) is 19.5 Å². The molecule has 3 rings (SSSR count). The average Bonchev–Trinajstić information content (AvgIpc) is 3.05. The van der Waals surface area contributed by atoms with E-state index in [0.29, 0.717) is 6.54 Å². The Morgan fingerprint density at radius 3 is 2.50 bits per heavy atom. The Morgan fingerprint density at radius 1 is 1.21 bits per heavy atom. The molecule has 0 saturated heterocycles. The summed E-state index contributed by atoms with van der Waals surface area (Å²) in [7, 11) is 3.90. The van der Waals surface area contributed by atoms with E-state index in [9.17, 15) is 4.79 Å². The van der Waals surface area contributed by atoms with E-state index in [4.69, 9.17) is 0 Å². The molecule has 0 atom stereocenters. The maximum atomic E-state index is 12.7. The van der Waals surface area contributed by atoms with Gasteiger partial charge in [-0.1, -0.05) is 32.5 Å². The number of hydrogen-bond donors (Lipinski definition) is 0. The third-order valence-corrected chi connectivity index (χ3v) is 5.12. The molecule has 0 aliphatic carbocycles. The summed E-state index contributed by atoms with van der Waals surface area (Å²) in [6.07, 6.45) is 2.79. The van der Waals surface area contributed by atoms with Crippen LogP contribution in [-0.2, 0) is 31.9 Å². The largest absolute Gasteiger partial charge is 0.337 e. The first kappa shape index (κ1) is 17.0. The van der Waals surface area contributed by atoms with Crippen molar-refractivity contribution >= 4 is 17.7 Å². The normalized spacial score (nSPS) is 14.8. The van der Waals surface area contributed by atoms with Crippen LogP contribution in [0.25, 0.3) is 11.5 Å². The van der Waals surface area contributed by atoms with Gasteiger partial charge in [-0.25, -0.2) is 0 Å². The molecule has 0 N–H and O–H groups in total. The van der Waals surface area contributed by atoms with Crippen LogP contribution in [0.15, 0.2) is 5.16 Å². The highest BCUT2D eigenvalue weighted by atomic mass is 32.2. The number of rotatable bonds is 2. The minimum atomic E-state index is -0.378. The van der Waals surface area contributed by atoms with Gasteiger partial charge in [-0.15, -0.1) is 10.2 Å². The standard InChI is InChI=1S/C16H24N6OS/c1-16(2,3)14(23)22-8-7-11-10(9-22)12(19-21(11)5)13-17-18-15(24-6)20(13)4/h7-9H2,1-6H3. The summed E-state index contributed by atoms with van der Waals surface area (Å²) in [4.78, 5) is 14.6. The number of aryl methyl sites for hydroxylation is 1. The van der Waals surface area contributed by atoms with Crippen LogP contribution in [0.5, 0.6) is 0 Å². The van der Waals surface area contributed by atoms with Crippen LogP contribution in [0.1, 0.15) is 32.0 Å². The molecule has 0 aromatic carbocycles. The Bertz CT molecular complexity index is 785. The third kappa shape index (κ3) is 2.72. The van der Waals surface area contributed by atoms with Crippen LogP contribution >= 0.6 is 11.8 Å². The van der Waals surface area contributed by atoms with Gasteiger partial charge in [-0.2, -0.15) is 5.10 Å². The van der Waals surface area contributed by atoms with E-state index >= 15 is 0 Å². The Hall–Kier alpha value is -1.83. The van der Waals surface area contributed by atoms with Crippen LogP contribution in [0.4, 0.5) is 0 Å². The van der Waals surface area contributed by atoms with Crippen molar-refractivity contribution in [3.8, 4) is 11.5 Å². The molecular weight excluding hydrogens is 324 g/mol. The van der Waals surface area contributed by atoms with Crippen LogP contribution in [0.3, 0.4) is 0 Å². The van der Waals surface area contributed by atoms with Gasteiger partial charge in [-0.3, -0.25) is 9.48 Å². The number of nitrogens with zero attached hydrogens (tertiary/aromatic N) is 6. The second-order valence-corrected chi connectivity index (χ2v) is 7.97. The van der Waals surface area contributed by atoms with Gasteiger partial charge >= 0.3 is 0 Å². The zero-order valence-corrected chi connectivity index (χ0v) is 15.9. The van der Waals surface area contributed by atoms with Gasteiger partial charge in [0.15, 0.2) is 11.0 Å². The van der Waals surface area contributed by atoms with Crippen LogP contribution in [-0.4, -0.2) is 48.2 Å². The molecule has 0 spiro atoms. The summed E-state index contributed by atoms with van der Waals surface area (Å²) in [6.45, 7) is 7.19. The molecule has 24 heavy (non-hydrogen) atoms. The van der Waals surface area contributed by atoms with E-state index in [-0.39, 0.29) is 11.3 Å². The lowest BCUT2D eigenvalue weighted by molar-refractivity contribution is -0.140. The van der Waals surface area contributed by atoms with Gasteiger partial charge in [0.05, 0.1) is 0 Å². The first-order valence-electron chi connectivity index (χ1n) is 8.02. The van der Waals surface area contributed by atoms with Crippen molar-refractivity contribution in [2.45, 2.75) is 38.9 Å². The van der Waals surface area contributed by atoms with Crippen molar-refractivity contribution in [1.82, 2.24) is 29.4 Å². The summed E-state index contributed by atoms with van der Waals surface area (Å²) >= 11 is 1.55. The molecule has 3 heterocycles. The molecule has 0 radical (unpaired) electrons. The second-order valence-electron chi connectivity index (χ2n) is 7.19. The van der Waals surface area contributed by atoms with Crippen molar-refractivity contribution in [3.05, 3.63) is 11.3 Å². The lowest BCUT2D eigenvalue weighted by Crippen LogP contribution is -2.42. The van der Waals surface area contributed by atoms with Gasteiger partial charge in [0, 0.05) is 50.3 Å². The fraction of sp³-hybridized carbons (Fsp3) is 0.625. The number of carbonyl (C=O) groups excluding carboxylic acids is 1. The molecule has 7 nitrogen and oxygen atoms in total. The van der Waals surface area contributed by atoms with Gasteiger partial charge in [0.1, 0.15) is 5.69 Å². The topological polar surface area (TPSA) is 68.8 Å². The zero-order chi connectivity index (χ0) is 17.6. The molecular formula is C16H24N6OS. The highest BCUT2D eigenvalue weighted by Crippen LogP contribution is 2.31. The number of carbonyl (C=O) groups is 1. The van der Waals surface area contributed by atoms with Crippen LogP contribution < -0.4 is 0 Å². The molecule has 2 aromatic rings. The van der Waals surface area contributed by atoms with E-state index < -0.39 is 0 Å². The average molecular weight is 348 g/mol. The Morgan fingerprint density at radius 2 is 1.92 bits per heavy atom. The van der Waals surface area contributed by atoms with Crippen LogP contribution in [0, 0.1) is 5.41 Å². The molecule has 2 aromatic heterocycles. The first-order valence-corrected chi connectivity index (χ1v) is 9.24. The van der Waals surface area contributed by atoms with Crippen molar-refractivity contribution in [2.75, 3.05) is 12.8 Å². The SMILES string of the molecule is CSc1nnc(-c2nn(C)c3c2CN(C(=O)C(C)(C)C)CC3)n1C. The molecule has 0 fully saturated rings. The fourth-order valence-electron chi connectivity index (χ4n) is 3.12. The maximum Gasteiger partial charge on any atom is 0.228 e. The summed E-state index contributed by atoms with van der Waals surface area (Å²) in [5.74, 6) is 0.923.